The molecule has 0 saturated carbocycles. The first-order valence-corrected chi connectivity index (χ1v) is 8.99. The second-order valence-corrected chi connectivity index (χ2v) is 6.79. The zero-order valence-corrected chi connectivity index (χ0v) is 15.2. The second kappa shape index (κ2) is 7.29. The van der Waals surface area contributed by atoms with Crippen molar-refractivity contribution in [1.29, 1.82) is 0 Å². The van der Waals surface area contributed by atoms with Crippen LogP contribution in [0, 0.1) is 6.92 Å². The average molecular weight is 349 g/mol. The van der Waals surface area contributed by atoms with Crippen molar-refractivity contribution in [3.8, 4) is 11.4 Å². The van der Waals surface area contributed by atoms with E-state index in [-0.39, 0.29) is 0 Å². The number of imidazole rings is 1. The lowest BCUT2D eigenvalue weighted by atomic mass is 9.91. The van der Waals surface area contributed by atoms with Gasteiger partial charge in [-0.2, -0.15) is 0 Å². The zero-order chi connectivity index (χ0) is 17.9. The van der Waals surface area contributed by atoms with Crippen molar-refractivity contribution in [2.45, 2.75) is 32.2 Å². The molecular weight excluding hydrogens is 326 g/mol. The molecule has 134 valence electrons. The van der Waals surface area contributed by atoms with E-state index in [9.17, 15) is 0 Å². The molecule has 4 rings (SSSR count). The van der Waals surface area contributed by atoms with Gasteiger partial charge < -0.3 is 4.57 Å². The van der Waals surface area contributed by atoms with Gasteiger partial charge in [0.1, 0.15) is 11.5 Å². The van der Waals surface area contributed by atoms with E-state index in [1.54, 1.807) is 24.8 Å². The van der Waals surface area contributed by atoms with Crippen LogP contribution in [0.15, 0.2) is 37.2 Å². The highest BCUT2D eigenvalue weighted by Crippen LogP contribution is 2.32. The topological polar surface area (TPSA) is 72.6 Å². The Hall–Kier alpha value is -2.67. The Morgan fingerprint density at radius 3 is 2.42 bits per heavy atom. The fourth-order valence-electron chi connectivity index (χ4n) is 3.57. The van der Waals surface area contributed by atoms with Gasteiger partial charge in [0, 0.05) is 50.5 Å². The molecule has 0 aliphatic carbocycles. The summed E-state index contributed by atoms with van der Waals surface area (Å²) in [6.45, 7) is 4.92. The minimum atomic E-state index is 0.423. The maximum absolute atomic E-state index is 4.69. The molecule has 7 heteroatoms. The molecule has 3 aromatic rings. The van der Waals surface area contributed by atoms with E-state index in [4.69, 9.17) is 4.98 Å². The van der Waals surface area contributed by atoms with Gasteiger partial charge in [-0.05, 0) is 32.9 Å². The molecule has 0 bridgehead atoms. The van der Waals surface area contributed by atoms with Crippen molar-refractivity contribution >= 4 is 0 Å². The maximum atomic E-state index is 4.69. The molecule has 0 aromatic carbocycles. The van der Waals surface area contributed by atoms with Crippen LogP contribution in [0.3, 0.4) is 0 Å². The molecule has 3 aromatic heterocycles. The van der Waals surface area contributed by atoms with Crippen molar-refractivity contribution in [2.75, 3.05) is 13.1 Å². The number of aromatic nitrogens is 6. The van der Waals surface area contributed by atoms with Gasteiger partial charge in [-0.25, -0.2) is 4.98 Å². The van der Waals surface area contributed by atoms with Crippen molar-refractivity contribution in [3.63, 3.8) is 0 Å². The fourth-order valence-corrected chi connectivity index (χ4v) is 3.57. The largest absolute Gasteiger partial charge is 0.330 e. The van der Waals surface area contributed by atoms with Crippen LogP contribution in [0.2, 0.25) is 0 Å². The minimum absolute atomic E-state index is 0.423. The van der Waals surface area contributed by atoms with Crippen LogP contribution in [0.4, 0.5) is 0 Å². The third kappa shape index (κ3) is 3.35. The van der Waals surface area contributed by atoms with Gasteiger partial charge in [0.15, 0.2) is 0 Å². The number of rotatable bonds is 4. The highest BCUT2D eigenvalue weighted by atomic mass is 15.1. The van der Waals surface area contributed by atoms with Crippen molar-refractivity contribution in [1.82, 2.24) is 34.4 Å². The minimum Gasteiger partial charge on any atom is -0.330 e. The fraction of sp³-hybridized carbons (Fsp3) is 0.421. The molecule has 0 radical (unpaired) electrons. The Morgan fingerprint density at radius 1 is 0.962 bits per heavy atom. The summed E-state index contributed by atoms with van der Waals surface area (Å²) < 4.78 is 2.08. The third-order valence-corrected chi connectivity index (χ3v) is 5.17. The lowest BCUT2D eigenvalue weighted by molar-refractivity contribution is 0.201. The summed E-state index contributed by atoms with van der Waals surface area (Å²) in [6.07, 6.45) is 12.9. The van der Waals surface area contributed by atoms with E-state index < -0.39 is 0 Å². The van der Waals surface area contributed by atoms with Gasteiger partial charge >= 0.3 is 0 Å². The molecule has 0 amide bonds. The summed E-state index contributed by atoms with van der Waals surface area (Å²) in [5.41, 5.74) is 4.11. The Bertz CT molecular complexity index is 867. The third-order valence-electron chi connectivity index (χ3n) is 5.17. The van der Waals surface area contributed by atoms with Gasteiger partial charge in [0.05, 0.1) is 23.3 Å². The smallest absolute Gasteiger partial charge is 0.110 e. The quantitative estimate of drug-likeness (QED) is 0.720. The molecule has 0 spiro atoms. The van der Waals surface area contributed by atoms with Crippen LogP contribution in [0.25, 0.3) is 11.4 Å². The van der Waals surface area contributed by atoms with Crippen LogP contribution in [0.1, 0.15) is 36.0 Å². The molecule has 1 saturated heterocycles. The first-order valence-electron chi connectivity index (χ1n) is 8.99. The molecule has 4 heterocycles. The van der Waals surface area contributed by atoms with E-state index in [0.717, 1.165) is 61.1 Å². The number of hydrogen-bond donors (Lipinski definition) is 0. The summed E-state index contributed by atoms with van der Waals surface area (Å²) in [5, 5.41) is 0. The van der Waals surface area contributed by atoms with Crippen LogP contribution < -0.4 is 0 Å². The first kappa shape index (κ1) is 16.8. The van der Waals surface area contributed by atoms with Gasteiger partial charge in [0.2, 0.25) is 0 Å². The summed E-state index contributed by atoms with van der Waals surface area (Å²) >= 11 is 0. The number of nitrogens with zero attached hydrogens (tertiary/aromatic N) is 7. The highest BCUT2D eigenvalue weighted by Gasteiger charge is 2.25. The van der Waals surface area contributed by atoms with Crippen molar-refractivity contribution < 1.29 is 0 Å². The SMILES string of the molecule is Cc1ncc(-c2nccnc2C2CCN(Cc3cnccn3)CC2)n1C. The Labute approximate surface area is 153 Å². The summed E-state index contributed by atoms with van der Waals surface area (Å²) in [6, 6.07) is 0. The van der Waals surface area contributed by atoms with E-state index in [1.165, 1.54) is 0 Å². The molecule has 0 unspecified atom stereocenters. The van der Waals surface area contributed by atoms with Gasteiger partial charge in [-0.1, -0.05) is 0 Å². The first-order chi connectivity index (χ1) is 12.7. The predicted octanol–water partition coefficient (Wildman–Crippen LogP) is 2.36. The predicted molar refractivity (Wildman–Crippen MR) is 98.3 cm³/mol. The Kier molecular flexibility index (Phi) is 4.71. The van der Waals surface area contributed by atoms with E-state index in [1.807, 2.05) is 26.4 Å². The molecule has 0 atom stereocenters. The summed E-state index contributed by atoms with van der Waals surface area (Å²) in [4.78, 5) is 24.7. The van der Waals surface area contributed by atoms with Crippen LogP contribution >= 0.6 is 0 Å². The molecule has 26 heavy (non-hydrogen) atoms. The van der Waals surface area contributed by atoms with E-state index in [0.29, 0.717) is 5.92 Å². The van der Waals surface area contributed by atoms with Gasteiger partial charge in [-0.15, -0.1) is 0 Å². The lowest BCUT2D eigenvalue weighted by Crippen LogP contribution is -2.33. The molecule has 1 fully saturated rings. The zero-order valence-electron chi connectivity index (χ0n) is 15.2. The number of likely N-dealkylation sites (tertiary alicyclic amines) is 1. The Balaban J connectivity index is 1.49. The lowest BCUT2D eigenvalue weighted by Gasteiger charge is -2.31. The van der Waals surface area contributed by atoms with Gasteiger partial charge in [0.25, 0.3) is 0 Å². The molecule has 0 N–H and O–H groups in total. The average Bonchev–Trinajstić information content (AvgIpc) is 3.02. The molecule has 1 aliphatic heterocycles. The Morgan fingerprint density at radius 2 is 1.73 bits per heavy atom. The van der Waals surface area contributed by atoms with Crippen molar-refractivity contribution in [3.05, 3.63) is 54.4 Å². The van der Waals surface area contributed by atoms with E-state index >= 15 is 0 Å². The van der Waals surface area contributed by atoms with E-state index in [2.05, 4.69) is 29.4 Å². The monoisotopic (exact) mass is 349 g/mol. The standard InChI is InChI=1S/C19H23N7/c1-14-24-12-17(25(14)2)19-18(22-7-8-23-19)15-3-9-26(10-4-15)13-16-11-20-5-6-21-16/h5-8,11-12,15H,3-4,9-10,13H2,1-2H3. The summed E-state index contributed by atoms with van der Waals surface area (Å²) in [5.74, 6) is 1.41. The number of aryl methyl sites for hydroxylation is 1. The molecule has 1 aliphatic rings. The number of hydrogen-bond acceptors (Lipinski definition) is 6. The molecular formula is C19H23N7. The second-order valence-electron chi connectivity index (χ2n) is 6.79. The highest BCUT2D eigenvalue weighted by molar-refractivity contribution is 5.58. The van der Waals surface area contributed by atoms with Crippen LogP contribution in [-0.2, 0) is 13.6 Å². The van der Waals surface area contributed by atoms with Crippen LogP contribution in [-0.4, -0.2) is 47.5 Å². The normalized spacial score (nSPS) is 16.1. The van der Waals surface area contributed by atoms with Crippen molar-refractivity contribution in [2.24, 2.45) is 7.05 Å². The van der Waals surface area contributed by atoms with Crippen LogP contribution in [0.5, 0.6) is 0 Å². The van der Waals surface area contributed by atoms with Gasteiger partial charge in [-0.3, -0.25) is 24.8 Å². The maximum Gasteiger partial charge on any atom is 0.110 e. The molecule has 7 nitrogen and oxygen atoms in total. The number of piperidine rings is 1. The summed E-state index contributed by atoms with van der Waals surface area (Å²) in [7, 11) is 2.03.